The van der Waals surface area contributed by atoms with Crippen LogP contribution in [0.5, 0.6) is 0 Å². The van der Waals surface area contributed by atoms with Gasteiger partial charge in [0.15, 0.2) is 0 Å². The first-order chi connectivity index (χ1) is 17.5. The minimum absolute atomic E-state index is 0.0927. The Morgan fingerprint density at radius 1 is 0.439 bits per heavy atom. The van der Waals surface area contributed by atoms with Crippen LogP contribution in [0.2, 0.25) is 0 Å². The number of nitrogens with one attached hydrogen (secondary N) is 1. The van der Waals surface area contributed by atoms with E-state index in [2.05, 4.69) is 0 Å². The molecule has 1 amide bonds. The normalized spacial score (nSPS) is 16.2. The number of hydrogen-bond acceptors (Lipinski definition) is 1. The maximum absolute atomic E-state index is 13.7. The minimum atomic E-state index is -9.46. The lowest BCUT2D eigenvalue weighted by atomic mass is 9.85. The first-order valence-corrected chi connectivity index (χ1v) is 9.61. The van der Waals surface area contributed by atoms with Gasteiger partial charge in [0.1, 0.15) is 0 Å². The number of halogens is 23. The third-order valence-corrected chi connectivity index (χ3v) is 5.01. The van der Waals surface area contributed by atoms with Gasteiger partial charge in [-0.3, -0.25) is 4.79 Å². The molecule has 0 atom stereocenters. The van der Waals surface area contributed by atoms with Crippen molar-refractivity contribution in [2.75, 3.05) is 6.54 Å². The fraction of sp³-hybridized carbons (Fsp3) is 0.938. The Kier molecular flexibility index (Phi) is 9.71. The third-order valence-electron chi connectivity index (χ3n) is 5.01. The monoisotopic (exact) mass is 669 g/mol. The number of carbonyl (C=O) groups excluding carboxylic acids is 1. The minimum Gasteiger partial charge on any atom is -0.351 e. The summed E-state index contributed by atoms with van der Waals surface area (Å²) in [6.45, 7) is 0.0462. The van der Waals surface area contributed by atoms with E-state index in [9.17, 15) is 106 Å². The van der Waals surface area contributed by atoms with Crippen LogP contribution in [-0.4, -0.2) is 77.9 Å². The zero-order valence-electron chi connectivity index (χ0n) is 18.7. The van der Waals surface area contributed by atoms with E-state index in [1.54, 1.807) is 0 Å². The van der Waals surface area contributed by atoms with Crippen LogP contribution in [0.4, 0.5) is 101 Å². The van der Waals surface area contributed by atoms with E-state index in [1.807, 2.05) is 0 Å². The van der Waals surface area contributed by atoms with Crippen LogP contribution in [0.25, 0.3) is 0 Å². The van der Waals surface area contributed by atoms with Crippen molar-refractivity contribution in [1.82, 2.24) is 5.32 Å². The van der Waals surface area contributed by atoms with Gasteiger partial charge in [0.05, 0.1) is 0 Å². The summed E-state index contributed by atoms with van der Waals surface area (Å²) in [6, 6.07) is 0. The summed E-state index contributed by atoms with van der Waals surface area (Å²) in [4.78, 5) is 11.1. The van der Waals surface area contributed by atoms with Crippen molar-refractivity contribution in [1.29, 1.82) is 0 Å². The van der Waals surface area contributed by atoms with Crippen molar-refractivity contribution in [3.05, 3.63) is 0 Å². The van der Waals surface area contributed by atoms with Crippen LogP contribution in [0, 0.1) is 0 Å². The molecule has 25 heteroatoms. The van der Waals surface area contributed by atoms with Crippen LogP contribution >= 0.6 is 0 Å². The molecule has 0 bridgehead atoms. The van der Waals surface area contributed by atoms with Crippen molar-refractivity contribution in [3.8, 4) is 0 Å². The topological polar surface area (TPSA) is 29.1 Å². The third kappa shape index (κ3) is 4.98. The van der Waals surface area contributed by atoms with Gasteiger partial charge < -0.3 is 5.32 Å². The van der Waals surface area contributed by atoms with Crippen LogP contribution in [-0.2, 0) is 4.79 Å². The van der Waals surface area contributed by atoms with E-state index in [0.717, 1.165) is 0 Å². The smallest absolute Gasteiger partial charge is 0.351 e. The second-order valence-corrected chi connectivity index (χ2v) is 7.85. The maximum Gasteiger partial charge on any atom is 0.460 e. The molecule has 0 unspecified atom stereocenters. The van der Waals surface area contributed by atoms with Crippen molar-refractivity contribution in [2.24, 2.45) is 0 Å². The van der Waals surface area contributed by atoms with E-state index in [4.69, 9.17) is 0 Å². The van der Waals surface area contributed by atoms with Gasteiger partial charge >= 0.3 is 65.4 Å². The van der Waals surface area contributed by atoms with Crippen molar-refractivity contribution < 1.29 is 106 Å². The molecule has 0 radical (unpaired) electrons. The van der Waals surface area contributed by atoms with Gasteiger partial charge in [-0.15, -0.1) is 0 Å². The zero-order chi connectivity index (χ0) is 33.9. The Labute approximate surface area is 210 Å². The average Bonchev–Trinajstić information content (AvgIpc) is 2.76. The molecule has 0 saturated heterocycles. The van der Waals surface area contributed by atoms with E-state index >= 15 is 0 Å². The van der Waals surface area contributed by atoms with Gasteiger partial charge in [-0.05, 0) is 6.42 Å². The summed E-state index contributed by atoms with van der Waals surface area (Å²) in [5, 5.41) is 0.661. The second kappa shape index (κ2) is 10.2. The van der Waals surface area contributed by atoms with Crippen LogP contribution in [0.3, 0.4) is 0 Å². The van der Waals surface area contributed by atoms with Gasteiger partial charge in [0, 0.05) is 6.54 Å². The Morgan fingerprint density at radius 3 is 0.927 bits per heavy atom. The Hall–Kier alpha value is -2.14. The molecule has 1 N–H and O–H groups in total. The summed E-state index contributed by atoms with van der Waals surface area (Å²) < 4.78 is 305. The second-order valence-electron chi connectivity index (χ2n) is 7.85. The fourth-order valence-electron chi connectivity index (χ4n) is 2.39. The summed E-state index contributed by atoms with van der Waals surface area (Å²) in [6.07, 6.45) is -8.66. The van der Waals surface area contributed by atoms with Gasteiger partial charge in [0.2, 0.25) is 0 Å². The SMILES string of the molecule is CCCCNC(=O)C(F)(F)C(F)(F)C(F)(F)C(F)(F)C(F)(F)C(F)(F)C(F)(F)C(F)(F)C(F)(F)C(F)(F)C(F)(F)F. The zero-order valence-corrected chi connectivity index (χ0v) is 18.7. The number of carbonyl (C=O) groups is 1. The molecule has 0 aromatic heterocycles. The molecule has 246 valence electrons. The predicted molar refractivity (Wildman–Crippen MR) is 83.4 cm³/mol. The first kappa shape index (κ1) is 38.9. The number of hydrogen-bond donors (Lipinski definition) is 1. The lowest BCUT2D eigenvalue weighted by Crippen LogP contribution is -2.78. The van der Waals surface area contributed by atoms with Gasteiger partial charge in [0.25, 0.3) is 5.91 Å². The van der Waals surface area contributed by atoms with Crippen LogP contribution in [0.15, 0.2) is 0 Å². The molecule has 0 aliphatic heterocycles. The number of rotatable bonds is 13. The predicted octanol–water partition coefficient (Wildman–Crippen LogP) is 7.82. The standard InChI is InChI=1S/C16H10F23NO/c1-2-3-4-40-5(41)6(17,18)7(19,20)8(21,22)9(23,24)10(25,26)11(27,28)12(29,30)13(31,32)14(33,34)15(35,36)16(37,38)39/h2-4H2,1H3,(H,40,41). The van der Waals surface area contributed by atoms with Gasteiger partial charge in [-0.1, -0.05) is 13.3 Å². The molecule has 0 aliphatic carbocycles. The average molecular weight is 669 g/mol. The highest BCUT2D eigenvalue weighted by Crippen LogP contribution is 2.67. The highest BCUT2D eigenvalue weighted by atomic mass is 19.4. The molecule has 0 aromatic carbocycles. The molecule has 2 nitrogen and oxygen atoms in total. The van der Waals surface area contributed by atoms with Gasteiger partial charge in [-0.2, -0.15) is 101 Å². The summed E-state index contributed by atoms with van der Waals surface area (Å²) in [5.41, 5.74) is 0. The molecule has 0 rings (SSSR count). The lowest BCUT2D eigenvalue weighted by Gasteiger charge is -2.45. The molecular weight excluding hydrogens is 659 g/mol. The Balaban J connectivity index is 7.11. The largest absolute Gasteiger partial charge is 0.460 e. The molecule has 0 aliphatic rings. The van der Waals surface area contributed by atoms with E-state index in [0.29, 0.717) is 5.32 Å². The first-order valence-electron chi connectivity index (χ1n) is 9.61. The lowest BCUT2D eigenvalue weighted by molar-refractivity contribution is -0.477. The summed E-state index contributed by atoms with van der Waals surface area (Å²) in [7, 11) is 0. The molecule has 0 heterocycles. The molecule has 0 saturated carbocycles. The molecular formula is C16H10F23NO. The van der Waals surface area contributed by atoms with Crippen molar-refractivity contribution in [2.45, 2.75) is 85.2 Å². The highest BCUT2D eigenvalue weighted by molar-refractivity contribution is 5.84. The van der Waals surface area contributed by atoms with E-state index in [1.165, 1.54) is 6.92 Å². The fourth-order valence-corrected chi connectivity index (χ4v) is 2.39. The van der Waals surface area contributed by atoms with Crippen LogP contribution in [0.1, 0.15) is 19.8 Å². The number of amides is 1. The quantitative estimate of drug-likeness (QED) is 0.157. The van der Waals surface area contributed by atoms with Crippen LogP contribution < -0.4 is 5.32 Å². The summed E-state index contributed by atoms with van der Waals surface area (Å²) in [5.74, 6) is -92.7. The molecule has 0 aromatic rings. The Morgan fingerprint density at radius 2 is 0.683 bits per heavy atom. The van der Waals surface area contributed by atoms with Crippen molar-refractivity contribution in [3.63, 3.8) is 0 Å². The van der Waals surface area contributed by atoms with E-state index in [-0.39, 0.29) is 6.42 Å². The Bertz CT molecular complexity index is 948. The molecule has 0 fully saturated rings. The van der Waals surface area contributed by atoms with Gasteiger partial charge in [-0.25, -0.2) is 0 Å². The van der Waals surface area contributed by atoms with Crippen molar-refractivity contribution >= 4 is 5.91 Å². The number of unbranched alkanes of at least 4 members (excludes halogenated alkanes) is 1. The molecule has 0 spiro atoms. The molecule has 41 heavy (non-hydrogen) atoms. The number of alkyl halides is 23. The summed E-state index contributed by atoms with van der Waals surface area (Å²) >= 11 is 0. The maximum atomic E-state index is 13.7. The van der Waals surface area contributed by atoms with E-state index < -0.39 is 84.3 Å². The highest BCUT2D eigenvalue weighted by Gasteiger charge is 2.99.